The molecule has 0 aliphatic carbocycles. The number of rotatable bonds is 9. The summed E-state index contributed by atoms with van der Waals surface area (Å²) in [4.78, 5) is 8.51. The molecule has 0 aromatic carbocycles. The number of nitrogens with one attached hydrogen (secondary N) is 2. The first-order chi connectivity index (χ1) is 9.01. The first-order valence-corrected chi connectivity index (χ1v) is 8.98. The quantitative estimate of drug-likeness (QED) is 0.395. The average Bonchev–Trinajstić information content (AvgIpc) is 2.36. The second-order valence-electron chi connectivity index (χ2n) is 4.07. The van der Waals surface area contributed by atoms with Crippen molar-refractivity contribution in [3.63, 3.8) is 0 Å². The van der Waals surface area contributed by atoms with Crippen molar-refractivity contribution in [1.29, 1.82) is 0 Å². The van der Waals surface area contributed by atoms with E-state index in [1.165, 1.54) is 0 Å². The summed E-state index contributed by atoms with van der Waals surface area (Å²) >= 11 is 1.64. The van der Waals surface area contributed by atoms with E-state index < -0.39 is 10.0 Å². The van der Waals surface area contributed by atoms with Crippen LogP contribution in [-0.4, -0.2) is 43.5 Å². The maximum Gasteiger partial charge on any atom is 0.208 e. The predicted molar refractivity (Wildman–Crippen MR) is 77.6 cm³/mol. The molecule has 0 spiro atoms. The van der Waals surface area contributed by atoms with E-state index in [1.54, 1.807) is 24.2 Å². The highest BCUT2D eigenvalue weighted by molar-refractivity contribution is 7.99. The van der Waals surface area contributed by atoms with Gasteiger partial charge in [-0.05, 0) is 6.42 Å². The molecule has 0 bridgehead atoms. The number of hydrogen-bond acceptors (Lipinski definition) is 6. The molecule has 6 nitrogen and oxygen atoms in total. The van der Waals surface area contributed by atoms with Crippen LogP contribution in [0.4, 0.5) is 0 Å². The van der Waals surface area contributed by atoms with Crippen molar-refractivity contribution < 1.29 is 8.42 Å². The minimum absolute atomic E-state index is 0.379. The predicted octanol–water partition coefficient (Wildman–Crippen LogP) is 0.618. The standard InChI is InChI=1S/C11H20N4O2S2/c1-3-6-18-11-13-8-10(9-14-11)7-12-4-5-15-19(2,16)17/h8-9,12,15H,3-7H2,1-2H3. The number of aromatic nitrogens is 2. The minimum atomic E-state index is -3.10. The summed E-state index contributed by atoms with van der Waals surface area (Å²) in [5, 5.41) is 3.92. The maximum atomic E-state index is 10.8. The fourth-order valence-corrected chi connectivity index (χ4v) is 2.37. The van der Waals surface area contributed by atoms with Crippen molar-refractivity contribution in [2.45, 2.75) is 25.0 Å². The van der Waals surface area contributed by atoms with Gasteiger partial charge in [-0.15, -0.1) is 0 Å². The molecule has 0 aliphatic rings. The van der Waals surface area contributed by atoms with Gasteiger partial charge < -0.3 is 5.32 Å². The Balaban J connectivity index is 2.22. The van der Waals surface area contributed by atoms with Crippen molar-refractivity contribution in [2.24, 2.45) is 0 Å². The largest absolute Gasteiger partial charge is 0.311 e. The van der Waals surface area contributed by atoms with Crippen LogP contribution >= 0.6 is 11.8 Å². The summed E-state index contributed by atoms with van der Waals surface area (Å²) in [6.07, 6.45) is 5.84. The van der Waals surface area contributed by atoms with Gasteiger partial charge in [0.1, 0.15) is 0 Å². The van der Waals surface area contributed by atoms with Gasteiger partial charge in [-0.3, -0.25) is 0 Å². The molecule has 0 saturated heterocycles. The number of hydrogen-bond donors (Lipinski definition) is 2. The smallest absolute Gasteiger partial charge is 0.208 e. The molecule has 19 heavy (non-hydrogen) atoms. The Morgan fingerprint density at radius 1 is 1.26 bits per heavy atom. The van der Waals surface area contributed by atoms with Gasteiger partial charge in [-0.25, -0.2) is 23.1 Å². The van der Waals surface area contributed by atoms with E-state index in [2.05, 4.69) is 26.9 Å². The summed E-state index contributed by atoms with van der Waals surface area (Å²) in [7, 11) is -3.10. The van der Waals surface area contributed by atoms with Crippen molar-refractivity contribution >= 4 is 21.8 Å². The summed E-state index contributed by atoms with van der Waals surface area (Å²) in [5.74, 6) is 1.02. The maximum absolute atomic E-state index is 10.8. The van der Waals surface area contributed by atoms with E-state index >= 15 is 0 Å². The highest BCUT2D eigenvalue weighted by atomic mass is 32.2. The molecule has 0 aliphatic heterocycles. The molecule has 0 radical (unpaired) electrons. The lowest BCUT2D eigenvalue weighted by Gasteiger charge is -2.05. The molecule has 8 heteroatoms. The van der Waals surface area contributed by atoms with Crippen LogP contribution in [-0.2, 0) is 16.6 Å². The van der Waals surface area contributed by atoms with Gasteiger partial charge in [0, 0.05) is 43.3 Å². The number of thioether (sulfide) groups is 1. The van der Waals surface area contributed by atoms with Crippen LogP contribution in [0.2, 0.25) is 0 Å². The zero-order chi connectivity index (χ0) is 14.1. The van der Waals surface area contributed by atoms with Gasteiger partial charge >= 0.3 is 0 Å². The third kappa shape index (κ3) is 8.14. The summed E-state index contributed by atoms with van der Waals surface area (Å²) in [5.41, 5.74) is 0.986. The molecule has 0 amide bonds. The number of sulfonamides is 1. The molecule has 108 valence electrons. The first kappa shape index (κ1) is 16.4. The van der Waals surface area contributed by atoms with E-state index in [4.69, 9.17) is 0 Å². The van der Waals surface area contributed by atoms with Gasteiger partial charge in [0.05, 0.1) is 6.26 Å². The number of nitrogens with zero attached hydrogens (tertiary/aromatic N) is 2. The first-order valence-electron chi connectivity index (χ1n) is 6.10. The fraction of sp³-hybridized carbons (Fsp3) is 0.636. The molecular weight excluding hydrogens is 284 g/mol. The third-order valence-electron chi connectivity index (χ3n) is 2.11. The molecule has 2 N–H and O–H groups in total. The highest BCUT2D eigenvalue weighted by Gasteiger charge is 2.00. The van der Waals surface area contributed by atoms with Crippen LogP contribution in [0.15, 0.2) is 17.6 Å². The molecule has 0 saturated carbocycles. The fourth-order valence-electron chi connectivity index (χ4n) is 1.26. The zero-order valence-electron chi connectivity index (χ0n) is 11.2. The average molecular weight is 304 g/mol. The molecule has 1 aromatic heterocycles. The van der Waals surface area contributed by atoms with Crippen LogP contribution in [0, 0.1) is 0 Å². The Hall–Kier alpha value is -0.700. The van der Waals surface area contributed by atoms with Crippen LogP contribution in [0.1, 0.15) is 18.9 Å². The molecule has 0 unspecified atom stereocenters. The van der Waals surface area contributed by atoms with E-state index in [0.717, 1.165) is 29.1 Å². The van der Waals surface area contributed by atoms with Gasteiger partial charge in [-0.1, -0.05) is 18.7 Å². The lowest BCUT2D eigenvalue weighted by atomic mass is 10.3. The Morgan fingerprint density at radius 3 is 2.53 bits per heavy atom. The SMILES string of the molecule is CCCSc1ncc(CNCCNS(C)(=O)=O)cn1. The van der Waals surface area contributed by atoms with E-state index in [-0.39, 0.29) is 0 Å². The summed E-state index contributed by atoms with van der Waals surface area (Å²) in [6, 6.07) is 0. The Labute approximate surface area is 118 Å². The highest BCUT2D eigenvalue weighted by Crippen LogP contribution is 2.12. The van der Waals surface area contributed by atoms with Crippen molar-refractivity contribution in [3.8, 4) is 0 Å². The summed E-state index contributed by atoms with van der Waals surface area (Å²) in [6.45, 7) is 3.70. The molecule has 0 fully saturated rings. The Morgan fingerprint density at radius 2 is 1.95 bits per heavy atom. The normalized spacial score (nSPS) is 11.7. The molecule has 1 rings (SSSR count). The van der Waals surface area contributed by atoms with Gasteiger partial charge in [0.25, 0.3) is 0 Å². The lowest BCUT2D eigenvalue weighted by molar-refractivity contribution is 0.581. The molecular formula is C11H20N4O2S2. The second-order valence-corrected chi connectivity index (χ2v) is 6.96. The van der Waals surface area contributed by atoms with Crippen molar-refractivity contribution in [1.82, 2.24) is 20.0 Å². The van der Waals surface area contributed by atoms with Crippen LogP contribution < -0.4 is 10.0 Å². The second kappa shape index (κ2) is 8.47. The van der Waals surface area contributed by atoms with Crippen molar-refractivity contribution in [2.75, 3.05) is 25.1 Å². The Bertz CT molecular complexity index is 462. The van der Waals surface area contributed by atoms with E-state index in [1.807, 2.05) is 0 Å². The Kier molecular flexibility index (Phi) is 7.29. The van der Waals surface area contributed by atoms with E-state index in [0.29, 0.717) is 19.6 Å². The van der Waals surface area contributed by atoms with Gasteiger partial charge in [0.15, 0.2) is 5.16 Å². The zero-order valence-corrected chi connectivity index (χ0v) is 12.9. The van der Waals surface area contributed by atoms with Crippen molar-refractivity contribution in [3.05, 3.63) is 18.0 Å². The molecule has 1 heterocycles. The van der Waals surface area contributed by atoms with E-state index in [9.17, 15) is 8.42 Å². The van der Waals surface area contributed by atoms with Crippen LogP contribution in [0.3, 0.4) is 0 Å². The lowest BCUT2D eigenvalue weighted by Crippen LogP contribution is -2.30. The van der Waals surface area contributed by atoms with Crippen LogP contribution in [0.25, 0.3) is 0 Å². The van der Waals surface area contributed by atoms with Gasteiger partial charge in [-0.2, -0.15) is 0 Å². The van der Waals surface area contributed by atoms with Crippen LogP contribution in [0.5, 0.6) is 0 Å². The topological polar surface area (TPSA) is 84.0 Å². The third-order valence-corrected chi connectivity index (χ3v) is 3.92. The van der Waals surface area contributed by atoms with Gasteiger partial charge in [0.2, 0.25) is 10.0 Å². The molecule has 0 atom stereocenters. The monoisotopic (exact) mass is 304 g/mol. The minimum Gasteiger partial charge on any atom is -0.311 e. The molecule has 1 aromatic rings. The summed E-state index contributed by atoms with van der Waals surface area (Å²) < 4.78 is 24.1.